The van der Waals surface area contributed by atoms with Crippen LogP contribution in [0, 0.1) is 11.8 Å². The van der Waals surface area contributed by atoms with E-state index in [1.165, 1.54) is 25.2 Å². The minimum atomic E-state index is 0.441. The Hall–Kier alpha value is -1.19. The lowest BCUT2D eigenvalue weighted by atomic mass is 9.96. The van der Waals surface area contributed by atoms with Crippen LogP contribution in [0.4, 0.5) is 0 Å². The summed E-state index contributed by atoms with van der Waals surface area (Å²) in [6.45, 7) is 8.96. The van der Waals surface area contributed by atoms with Crippen molar-refractivity contribution in [3.8, 4) is 0 Å². The third-order valence-electron chi connectivity index (χ3n) is 5.00. The van der Waals surface area contributed by atoms with Crippen LogP contribution in [0.2, 0.25) is 0 Å². The molecule has 0 saturated carbocycles. The molecule has 0 radical (unpaired) electrons. The van der Waals surface area contributed by atoms with E-state index in [0.29, 0.717) is 5.78 Å². The van der Waals surface area contributed by atoms with Gasteiger partial charge >= 0.3 is 0 Å². The number of hydrogen-bond donors (Lipinski definition) is 0. The molecule has 0 unspecified atom stereocenters. The Morgan fingerprint density at radius 1 is 1.05 bits per heavy atom. The summed E-state index contributed by atoms with van der Waals surface area (Å²) in [5.41, 5.74) is 1.41. The molecule has 0 aromatic heterocycles. The zero-order valence-electron chi connectivity index (χ0n) is 13.0. The number of benzene rings is 1. The fourth-order valence-corrected chi connectivity index (χ4v) is 3.67. The summed E-state index contributed by atoms with van der Waals surface area (Å²) in [7, 11) is 0. The Kier molecular flexibility index (Phi) is 4.71. The minimum Gasteiger partial charge on any atom is -0.302 e. The molecule has 0 N–H and O–H groups in total. The Bertz CT molecular complexity index is 463. The highest BCUT2D eigenvalue weighted by molar-refractivity contribution is 5.79. The number of rotatable bonds is 4. The maximum absolute atomic E-state index is 11.3. The Balaban J connectivity index is 1.50. The molecule has 2 atom stereocenters. The molecule has 1 aromatic rings. The van der Waals surface area contributed by atoms with Crippen LogP contribution in [0.15, 0.2) is 30.3 Å². The number of likely N-dealkylation sites (tertiary alicyclic amines) is 2. The van der Waals surface area contributed by atoms with Gasteiger partial charge in [0.1, 0.15) is 5.78 Å². The predicted octanol–water partition coefficient (Wildman–Crippen LogP) is 2.42. The third-order valence-corrected chi connectivity index (χ3v) is 5.00. The van der Waals surface area contributed by atoms with Crippen molar-refractivity contribution in [1.29, 1.82) is 0 Å². The highest BCUT2D eigenvalue weighted by atomic mass is 16.1. The molecule has 2 heterocycles. The molecule has 3 nitrogen and oxygen atoms in total. The zero-order valence-corrected chi connectivity index (χ0v) is 13.0. The van der Waals surface area contributed by atoms with E-state index in [2.05, 4.69) is 47.1 Å². The lowest BCUT2D eigenvalue weighted by Gasteiger charge is -2.29. The van der Waals surface area contributed by atoms with Gasteiger partial charge in [0.25, 0.3) is 0 Å². The first-order chi connectivity index (χ1) is 10.2. The third kappa shape index (κ3) is 3.92. The molecule has 0 spiro atoms. The number of nitrogens with zero attached hydrogens (tertiary/aromatic N) is 2. The molecule has 2 saturated heterocycles. The lowest BCUT2D eigenvalue weighted by molar-refractivity contribution is -0.121. The fourth-order valence-electron chi connectivity index (χ4n) is 3.67. The van der Waals surface area contributed by atoms with E-state index in [9.17, 15) is 4.79 Å². The average Bonchev–Trinajstić information content (AvgIpc) is 2.82. The normalized spacial score (nSPS) is 28.1. The average molecular weight is 286 g/mol. The summed E-state index contributed by atoms with van der Waals surface area (Å²) in [5.74, 6) is 1.95. The van der Waals surface area contributed by atoms with Gasteiger partial charge in [-0.2, -0.15) is 0 Å². The second-order valence-electron chi connectivity index (χ2n) is 6.76. The van der Waals surface area contributed by atoms with Crippen LogP contribution < -0.4 is 0 Å². The maximum Gasteiger partial charge on any atom is 0.135 e. The highest BCUT2D eigenvalue weighted by Crippen LogP contribution is 2.26. The standard InChI is InChI=1S/C18H26N2O/c1-15-11-20(12-16-5-3-2-4-6-16)14-17(15)13-19-9-7-18(21)8-10-19/h2-6,15,17H,7-14H2,1H3/t15-,17-/m0/s1. The second-order valence-corrected chi connectivity index (χ2v) is 6.76. The Morgan fingerprint density at radius 2 is 1.76 bits per heavy atom. The molecular formula is C18H26N2O. The quantitative estimate of drug-likeness (QED) is 0.849. The van der Waals surface area contributed by atoms with Gasteiger partial charge in [-0.3, -0.25) is 9.69 Å². The number of hydrogen-bond acceptors (Lipinski definition) is 3. The van der Waals surface area contributed by atoms with Crippen LogP contribution in [0.3, 0.4) is 0 Å². The number of carbonyl (C=O) groups excluding carboxylic acids is 1. The highest BCUT2D eigenvalue weighted by Gasteiger charge is 2.31. The van der Waals surface area contributed by atoms with Crippen molar-refractivity contribution in [1.82, 2.24) is 9.80 Å². The van der Waals surface area contributed by atoms with Crippen LogP contribution in [0.1, 0.15) is 25.3 Å². The summed E-state index contributed by atoms with van der Waals surface area (Å²) < 4.78 is 0. The maximum atomic E-state index is 11.3. The zero-order chi connectivity index (χ0) is 14.7. The van der Waals surface area contributed by atoms with Crippen LogP contribution >= 0.6 is 0 Å². The largest absolute Gasteiger partial charge is 0.302 e. The van der Waals surface area contributed by atoms with Crippen molar-refractivity contribution in [2.45, 2.75) is 26.3 Å². The molecule has 0 amide bonds. The summed E-state index contributed by atoms with van der Waals surface area (Å²) in [5, 5.41) is 0. The van der Waals surface area contributed by atoms with Crippen molar-refractivity contribution < 1.29 is 4.79 Å². The van der Waals surface area contributed by atoms with E-state index in [-0.39, 0.29) is 0 Å². The molecule has 2 aliphatic heterocycles. The minimum absolute atomic E-state index is 0.441. The van der Waals surface area contributed by atoms with Gasteiger partial charge in [0, 0.05) is 52.1 Å². The first-order valence-electron chi connectivity index (χ1n) is 8.21. The van der Waals surface area contributed by atoms with Gasteiger partial charge in [-0.15, -0.1) is 0 Å². The van der Waals surface area contributed by atoms with E-state index in [4.69, 9.17) is 0 Å². The van der Waals surface area contributed by atoms with Crippen molar-refractivity contribution in [3.63, 3.8) is 0 Å². The van der Waals surface area contributed by atoms with Crippen molar-refractivity contribution in [2.24, 2.45) is 11.8 Å². The topological polar surface area (TPSA) is 23.6 Å². The van der Waals surface area contributed by atoms with Gasteiger partial charge in [-0.05, 0) is 17.4 Å². The number of piperidine rings is 1. The number of carbonyl (C=O) groups is 1. The molecule has 3 rings (SSSR count). The van der Waals surface area contributed by atoms with Crippen molar-refractivity contribution in [3.05, 3.63) is 35.9 Å². The van der Waals surface area contributed by atoms with E-state index < -0.39 is 0 Å². The lowest BCUT2D eigenvalue weighted by Crippen LogP contribution is -2.38. The smallest absolute Gasteiger partial charge is 0.135 e. The Labute approximate surface area is 127 Å². The summed E-state index contributed by atoms with van der Waals surface area (Å²) in [6, 6.07) is 10.8. The fraction of sp³-hybridized carbons (Fsp3) is 0.611. The first-order valence-corrected chi connectivity index (χ1v) is 8.21. The summed E-state index contributed by atoms with van der Waals surface area (Å²) in [4.78, 5) is 16.4. The molecule has 2 aliphatic rings. The monoisotopic (exact) mass is 286 g/mol. The van der Waals surface area contributed by atoms with E-state index >= 15 is 0 Å². The van der Waals surface area contributed by atoms with Gasteiger partial charge in [0.05, 0.1) is 0 Å². The number of ketones is 1. The Morgan fingerprint density at radius 3 is 2.48 bits per heavy atom. The van der Waals surface area contributed by atoms with E-state index in [1.54, 1.807) is 0 Å². The second kappa shape index (κ2) is 6.71. The molecule has 0 bridgehead atoms. The number of Topliss-reactive ketones (excluding diaryl/α,β-unsaturated/α-hetero) is 1. The van der Waals surface area contributed by atoms with Crippen molar-refractivity contribution in [2.75, 3.05) is 32.7 Å². The SMILES string of the molecule is C[C@H]1CN(Cc2ccccc2)C[C@@H]1CN1CCC(=O)CC1. The van der Waals surface area contributed by atoms with E-state index in [1.807, 2.05) is 0 Å². The molecular weight excluding hydrogens is 260 g/mol. The van der Waals surface area contributed by atoms with Gasteiger partial charge < -0.3 is 4.90 Å². The van der Waals surface area contributed by atoms with Gasteiger partial charge in [0.15, 0.2) is 0 Å². The first kappa shape index (κ1) is 14.7. The molecule has 1 aromatic carbocycles. The van der Waals surface area contributed by atoms with Crippen LogP contribution in [0.5, 0.6) is 0 Å². The van der Waals surface area contributed by atoms with Crippen LogP contribution in [0.25, 0.3) is 0 Å². The predicted molar refractivity (Wildman–Crippen MR) is 85.1 cm³/mol. The van der Waals surface area contributed by atoms with Gasteiger partial charge in [0.2, 0.25) is 0 Å². The molecule has 21 heavy (non-hydrogen) atoms. The molecule has 114 valence electrons. The van der Waals surface area contributed by atoms with Crippen LogP contribution in [-0.2, 0) is 11.3 Å². The van der Waals surface area contributed by atoms with Gasteiger partial charge in [-0.25, -0.2) is 0 Å². The molecule has 3 heteroatoms. The van der Waals surface area contributed by atoms with Gasteiger partial charge in [-0.1, -0.05) is 37.3 Å². The summed E-state index contributed by atoms with van der Waals surface area (Å²) >= 11 is 0. The van der Waals surface area contributed by atoms with Crippen LogP contribution in [-0.4, -0.2) is 48.3 Å². The molecule has 2 fully saturated rings. The van der Waals surface area contributed by atoms with E-state index in [0.717, 1.165) is 44.3 Å². The molecule has 0 aliphatic carbocycles. The summed E-state index contributed by atoms with van der Waals surface area (Å²) in [6.07, 6.45) is 1.52. The van der Waals surface area contributed by atoms with Crippen molar-refractivity contribution >= 4 is 5.78 Å².